The Balaban J connectivity index is 1.78. The summed E-state index contributed by atoms with van der Waals surface area (Å²) in [5.74, 6) is 0.833. The Kier molecular flexibility index (Phi) is 6.63. The number of rotatable bonds is 9. The molecule has 1 heterocycles. The van der Waals surface area contributed by atoms with Crippen LogP contribution in [0.5, 0.6) is 5.75 Å². The number of para-hydroxylation sites is 1. The smallest absolute Gasteiger partial charge is 0.118 e. The van der Waals surface area contributed by atoms with E-state index < -0.39 is 6.23 Å². The van der Waals surface area contributed by atoms with Crippen molar-refractivity contribution >= 4 is 16.6 Å². The van der Waals surface area contributed by atoms with Gasteiger partial charge in [0.05, 0.1) is 18.3 Å². The zero-order valence-electron chi connectivity index (χ0n) is 15.9. The third-order valence-corrected chi connectivity index (χ3v) is 4.54. The first-order chi connectivity index (χ1) is 13.2. The molecule has 3 N–H and O–H groups in total. The van der Waals surface area contributed by atoms with Gasteiger partial charge in [0.2, 0.25) is 0 Å². The van der Waals surface area contributed by atoms with Gasteiger partial charge in [-0.3, -0.25) is 5.32 Å². The molecule has 0 radical (unpaired) electrons. The van der Waals surface area contributed by atoms with Crippen molar-refractivity contribution in [1.29, 1.82) is 0 Å². The molecule has 5 nitrogen and oxygen atoms in total. The average Bonchev–Trinajstić information content (AvgIpc) is 2.73. The van der Waals surface area contributed by atoms with Crippen LogP contribution in [0.4, 0.5) is 5.69 Å². The lowest BCUT2D eigenvalue weighted by Crippen LogP contribution is -2.29. The Bertz CT molecular complexity index is 865. The number of nitrogens with zero attached hydrogens (tertiary/aromatic N) is 1. The van der Waals surface area contributed by atoms with E-state index in [-0.39, 0.29) is 0 Å². The Morgan fingerprint density at radius 3 is 2.59 bits per heavy atom. The van der Waals surface area contributed by atoms with E-state index >= 15 is 0 Å². The zero-order valence-corrected chi connectivity index (χ0v) is 15.9. The molecule has 0 saturated heterocycles. The van der Waals surface area contributed by atoms with Crippen molar-refractivity contribution in [3.63, 3.8) is 0 Å². The van der Waals surface area contributed by atoms with Crippen LogP contribution in [-0.4, -0.2) is 36.5 Å². The molecule has 0 aliphatic rings. The van der Waals surface area contributed by atoms with Crippen molar-refractivity contribution in [2.75, 3.05) is 25.5 Å². The third-order valence-electron chi connectivity index (χ3n) is 4.54. The highest BCUT2D eigenvalue weighted by Gasteiger charge is 2.08. The average molecular weight is 365 g/mol. The van der Waals surface area contributed by atoms with Crippen LogP contribution in [0.15, 0.2) is 54.6 Å². The molecule has 0 aliphatic carbocycles. The fraction of sp³-hybridized carbons (Fsp3) is 0.318. The molecule has 0 spiro atoms. The maximum absolute atomic E-state index is 9.57. The van der Waals surface area contributed by atoms with Gasteiger partial charge < -0.3 is 15.2 Å². The Hall–Kier alpha value is -2.63. The molecular weight excluding hydrogens is 338 g/mol. The number of hydrogen-bond acceptors (Lipinski definition) is 5. The summed E-state index contributed by atoms with van der Waals surface area (Å²) in [7, 11) is 1.67. The predicted molar refractivity (Wildman–Crippen MR) is 111 cm³/mol. The van der Waals surface area contributed by atoms with E-state index in [1.807, 2.05) is 49.4 Å². The number of pyridine rings is 1. The highest BCUT2D eigenvalue weighted by molar-refractivity contribution is 5.93. The van der Waals surface area contributed by atoms with Crippen molar-refractivity contribution in [2.24, 2.45) is 0 Å². The molecule has 27 heavy (non-hydrogen) atoms. The summed E-state index contributed by atoms with van der Waals surface area (Å²) in [6.07, 6.45) is 1.22. The van der Waals surface area contributed by atoms with Crippen molar-refractivity contribution < 1.29 is 9.84 Å². The van der Waals surface area contributed by atoms with Crippen LogP contribution in [-0.2, 0) is 0 Å². The number of hydrogen-bond donors (Lipinski definition) is 3. The summed E-state index contributed by atoms with van der Waals surface area (Å²) in [4.78, 5) is 4.81. The normalized spacial score (nSPS) is 12.1. The van der Waals surface area contributed by atoms with Gasteiger partial charge in [0.25, 0.3) is 0 Å². The highest BCUT2D eigenvalue weighted by atomic mass is 16.5. The lowest BCUT2D eigenvalue weighted by atomic mass is 10.1. The van der Waals surface area contributed by atoms with Crippen LogP contribution in [0.1, 0.15) is 19.8 Å². The second-order valence-corrected chi connectivity index (χ2v) is 6.46. The third kappa shape index (κ3) is 4.96. The van der Waals surface area contributed by atoms with Gasteiger partial charge in [0.1, 0.15) is 12.0 Å². The lowest BCUT2D eigenvalue weighted by molar-refractivity contribution is 0.133. The number of aliphatic hydroxyl groups excluding tert-OH is 1. The topological polar surface area (TPSA) is 66.4 Å². The highest BCUT2D eigenvalue weighted by Crippen LogP contribution is 2.29. The van der Waals surface area contributed by atoms with Crippen molar-refractivity contribution in [3.05, 3.63) is 54.6 Å². The SMILES string of the molecule is CCC(O)NCCCNc1cc(-c2ccc(OC)cc2)nc2ccccc12. The van der Waals surface area contributed by atoms with Crippen molar-refractivity contribution in [3.8, 4) is 17.0 Å². The molecule has 0 fully saturated rings. The van der Waals surface area contributed by atoms with Gasteiger partial charge in [-0.1, -0.05) is 25.1 Å². The monoisotopic (exact) mass is 365 g/mol. The molecule has 1 aromatic heterocycles. The molecule has 2 aromatic carbocycles. The fourth-order valence-corrected chi connectivity index (χ4v) is 2.96. The predicted octanol–water partition coefficient (Wildman–Crippen LogP) is 4.03. The molecule has 142 valence electrons. The van der Waals surface area contributed by atoms with Gasteiger partial charge in [-0.15, -0.1) is 0 Å². The maximum atomic E-state index is 9.57. The van der Waals surface area contributed by atoms with Crippen LogP contribution in [0.25, 0.3) is 22.2 Å². The molecule has 0 aliphatic heterocycles. The number of ether oxygens (including phenoxy) is 1. The maximum Gasteiger partial charge on any atom is 0.118 e. The first kappa shape index (κ1) is 19.1. The van der Waals surface area contributed by atoms with E-state index in [1.165, 1.54) is 0 Å². The van der Waals surface area contributed by atoms with Crippen LogP contribution >= 0.6 is 0 Å². The first-order valence-corrected chi connectivity index (χ1v) is 9.40. The summed E-state index contributed by atoms with van der Waals surface area (Å²) >= 11 is 0. The van der Waals surface area contributed by atoms with Crippen LogP contribution in [0.2, 0.25) is 0 Å². The summed E-state index contributed by atoms with van der Waals surface area (Å²) in [5.41, 5.74) is 4.02. The molecule has 0 bridgehead atoms. The summed E-state index contributed by atoms with van der Waals surface area (Å²) in [6.45, 7) is 3.55. The second-order valence-electron chi connectivity index (χ2n) is 6.46. The van der Waals surface area contributed by atoms with Crippen LogP contribution in [0.3, 0.4) is 0 Å². The molecule has 3 rings (SSSR count). The molecular formula is C22H27N3O2. The van der Waals surface area contributed by atoms with E-state index in [9.17, 15) is 5.11 Å². The molecule has 1 atom stereocenters. The number of methoxy groups -OCH3 is 1. The number of aromatic nitrogens is 1. The molecule has 5 heteroatoms. The van der Waals surface area contributed by atoms with E-state index in [0.717, 1.165) is 53.1 Å². The Morgan fingerprint density at radius 2 is 1.85 bits per heavy atom. The number of nitrogens with one attached hydrogen (secondary N) is 2. The molecule has 1 unspecified atom stereocenters. The van der Waals surface area contributed by atoms with Crippen LogP contribution < -0.4 is 15.4 Å². The number of benzene rings is 2. The van der Waals surface area contributed by atoms with Crippen molar-refractivity contribution in [1.82, 2.24) is 10.3 Å². The quantitative estimate of drug-likeness (QED) is 0.395. The van der Waals surface area contributed by atoms with Gasteiger partial charge in [-0.2, -0.15) is 0 Å². The van der Waals surface area contributed by atoms with E-state index in [0.29, 0.717) is 6.42 Å². The second kappa shape index (κ2) is 9.35. The summed E-state index contributed by atoms with van der Waals surface area (Å²) in [5, 5.41) is 17.3. The van der Waals surface area contributed by atoms with E-state index in [4.69, 9.17) is 9.72 Å². The van der Waals surface area contributed by atoms with E-state index in [1.54, 1.807) is 7.11 Å². The van der Waals surface area contributed by atoms with Crippen LogP contribution in [0, 0.1) is 0 Å². The number of fused-ring (bicyclic) bond motifs is 1. The minimum absolute atomic E-state index is 0.423. The summed E-state index contributed by atoms with van der Waals surface area (Å²) in [6, 6.07) is 18.2. The van der Waals surface area contributed by atoms with Gasteiger partial charge in [-0.25, -0.2) is 4.98 Å². The summed E-state index contributed by atoms with van der Waals surface area (Å²) < 4.78 is 5.24. The standard InChI is InChI=1S/C22H27N3O2/c1-3-22(26)24-14-6-13-23-21-15-20(16-9-11-17(27-2)12-10-16)25-19-8-5-4-7-18(19)21/h4-5,7-12,15,22,24,26H,3,6,13-14H2,1-2H3,(H,23,25). The zero-order chi connectivity index (χ0) is 19.1. The molecule has 0 amide bonds. The van der Waals surface area contributed by atoms with E-state index in [2.05, 4.69) is 22.8 Å². The molecule has 0 saturated carbocycles. The minimum atomic E-state index is -0.423. The first-order valence-electron chi connectivity index (χ1n) is 9.40. The number of aliphatic hydroxyl groups is 1. The van der Waals surface area contributed by atoms with Gasteiger partial charge in [0, 0.05) is 23.2 Å². The largest absolute Gasteiger partial charge is 0.497 e. The lowest BCUT2D eigenvalue weighted by Gasteiger charge is -2.14. The Labute approximate surface area is 160 Å². The van der Waals surface area contributed by atoms with Gasteiger partial charge in [-0.05, 0) is 55.8 Å². The van der Waals surface area contributed by atoms with Gasteiger partial charge >= 0.3 is 0 Å². The number of anilines is 1. The fourth-order valence-electron chi connectivity index (χ4n) is 2.96. The molecule has 3 aromatic rings. The van der Waals surface area contributed by atoms with Gasteiger partial charge in [0.15, 0.2) is 0 Å². The minimum Gasteiger partial charge on any atom is -0.497 e. The Morgan fingerprint density at radius 1 is 1.07 bits per heavy atom. The van der Waals surface area contributed by atoms with Crippen molar-refractivity contribution in [2.45, 2.75) is 26.0 Å².